The summed E-state index contributed by atoms with van der Waals surface area (Å²) < 4.78 is 13.2. The van der Waals surface area contributed by atoms with Crippen LogP contribution in [-0.2, 0) is 17.2 Å². The van der Waals surface area contributed by atoms with Crippen molar-refractivity contribution >= 4 is 22.6 Å². The molecule has 2 aromatic rings. The number of methoxy groups -OCH3 is 1. The van der Waals surface area contributed by atoms with Crippen molar-refractivity contribution < 1.29 is 9.47 Å². The van der Waals surface area contributed by atoms with Crippen LogP contribution in [0, 0.1) is 5.92 Å². The van der Waals surface area contributed by atoms with Crippen molar-refractivity contribution in [2.45, 2.75) is 32.7 Å². The van der Waals surface area contributed by atoms with E-state index in [1.54, 1.807) is 7.11 Å². The Morgan fingerprint density at radius 2 is 2.10 bits per heavy atom. The van der Waals surface area contributed by atoms with E-state index in [-0.39, 0.29) is 0 Å². The highest BCUT2D eigenvalue weighted by Gasteiger charge is 2.13. The van der Waals surface area contributed by atoms with Gasteiger partial charge in [-0.15, -0.1) is 11.6 Å². The Morgan fingerprint density at radius 3 is 2.76 bits per heavy atom. The van der Waals surface area contributed by atoms with Gasteiger partial charge in [-0.25, -0.2) is 4.98 Å². The van der Waals surface area contributed by atoms with E-state index in [0.717, 1.165) is 42.2 Å². The molecule has 0 N–H and O–H groups in total. The molecule has 5 heteroatoms. The van der Waals surface area contributed by atoms with Gasteiger partial charge in [-0.2, -0.15) is 0 Å². The first-order chi connectivity index (χ1) is 10.2. The lowest BCUT2D eigenvalue weighted by molar-refractivity contribution is 0.116. The Labute approximate surface area is 131 Å². The lowest BCUT2D eigenvalue weighted by Gasteiger charge is -2.10. The highest BCUT2D eigenvalue weighted by molar-refractivity contribution is 6.16. The third-order valence-electron chi connectivity index (χ3n) is 3.46. The molecule has 0 aliphatic heterocycles. The van der Waals surface area contributed by atoms with E-state index in [4.69, 9.17) is 21.1 Å². The van der Waals surface area contributed by atoms with Gasteiger partial charge in [-0.1, -0.05) is 19.9 Å². The number of benzene rings is 1. The van der Waals surface area contributed by atoms with E-state index in [9.17, 15) is 0 Å². The zero-order chi connectivity index (χ0) is 15.2. The van der Waals surface area contributed by atoms with Crippen LogP contribution in [0.4, 0.5) is 0 Å². The number of hydrogen-bond acceptors (Lipinski definition) is 3. The first kappa shape index (κ1) is 16.1. The van der Waals surface area contributed by atoms with Gasteiger partial charge in [0.05, 0.1) is 25.1 Å². The molecular formula is C16H23ClN2O2. The average molecular weight is 311 g/mol. The molecule has 0 atom stereocenters. The predicted octanol–water partition coefficient (Wildman–Crippen LogP) is 3.85. The van der Waals surface area contributed by atoms with Crippen molar-refractivity contribution in [3.63, 3.8) is 0 Å². The molecule has 2 rings (SSSR count). The van der Waals surface area contributed by atoms with Crippen LogP contribution >= 0.6 is 11.6 Å². The summed E-state index contributed by atoms with van der Waals surface area (Å²) in [4.78, 5) is 4.58. The Morgan fingerprint density at radius 1 is 1.29 bits per heavy atom. The number of nitrogens with zero attached hydrogens (tertiary/aromatic N) is 2. The summed E-state index contributed by atoms with van der Waals surface area (Å²) in [5.41, 5.74) is 1.90. The summed E-state index contributed by atoms with van der Waals surface area (Å²) in [6.45, 7) is 6.61. The van der Waals surface area contributed by atoms with Crippen LogP contribution in [0.1, 0.15) is 26.1 Å². The molecule has 21 heavy (non-hydrogen) atoms. The van der Waals surface area contributed by atoms with Crippen LogP contribution in [0.3, 0.4) is 0 Å². The quantitative estimate of drug-likeness (QED) is 0.549. The van der Waals surface area contributed by atoms with Crippen LogP contribution in [0.2, 0.25) is 0 Å². The Bertz CT molecular complexity index is 581. The summed E-state index contributed by atoms with van der Waals surface area (Å²) in [7, 11) is 1.66. The van der Waals surface area contributed by atoms with Crippen LogP contribution in [0.25, 0.3) is 11.0 Å². The molecule has 0 bridgehead atoms. The zero-order valence-electron chi connectivity index (χ0n) is 12.9. The largest absolute Gasteiger partial charge is 0.494 e. The molecule has 0 spiro atoms. The maximum atomic E-state index is 6.02. The number of ether oxygens (including phenoxy) is 2. The number of fused-ring (bicyclic) bond motifs is 1. The molecule has 0 aliphatic carbocycles. The summed E-state index contributed by atoms with van der Waals surface area (Å²) in [5.74, 6) is 2.67. The molecular weight excluding hydrogens is 288 g/mol. The molecule has 0 fully saturated rings. The van der Waals surface area contributed by atoms with Crippen LogP contribution in [-0.4, -0.2) is 29.9 Å². The van der Waals surface area contributed by atoms with Crippen LogP contribution < -0.4 is 4.74 Å². The fraction of sp³-hybridized carbons (Fsp3) is 0.562. The third kappa shape index (κ3) is 3.89. The van der Waals surface area contributed by atoms with Gasteiger partial charge in [0.25, 0.3) is 0 Å². The van der Waals surface area contributed by atoms with E-state index in [0.29, 0.717) is 18.4 Å². The minimum absolute atomic E-state index is 0.379. The molecule has 0 aliphatic rings. The van der Waals surface area contributed by atoms with Crippen molar-refractivity contribution in [2.75, 3.05) is 20.3 Å². The second kappa shape index (κ2) is 7.66. The van der Waals surface area contributed by atoms with E-state index < -0.39 is 0 Å². The topological polar surface area (TPSA) is 36.3 Å². The van der Waals surface area contributed by atoms with E-state index in [1.807, 2.05) is 18.2 Å². The fourth-order valence-electron chi connectivity index (χ4n) is 2.26. The molecule has 0 saturated carbocycles. The van der Waals surface area contributed by atoms with Crippen molar-refractivity contribution in [2.24, 2.45) is 5.92 Å². The molecule has 4 nitrogen and oxygen atoms in total. The normalized spacial score (nSPS) is 11.5. The van der Waals surface area contributed by atoms with Crippen LogP contribution in [0.15, 0.2) is 18.2 Å². The number of alkyl halides is 1. The number of para-hydroxylation sites is 1. The monoisotopic (exact) mass is 310 g/mol. The summed E-state index contributed by atoms with van der Waals surface area (Å²) in [6, 6.07) is 5.92. The van der Waals surface area contributed by atoms with Gasteiger partial charge < -0.3 is 14.0 Å². The smallest absolute Gasteiger partial charge is 0.146 e. The van der Waals surface area contributed by atoms with Crippen molar-refractivity contribution in [1.29, 1.82) is 0 Å². The lowest BCUT2D eigenvalue weighted by Crippen LogP contribution is -2.10. The number of imidazole rings is 1. The SMILES string of the molecule is COc1cccc2c1nc(CCl)n2CCOCCC(C)C. The van der Waals surface area contributed by atoms with Crippen molar-refractivity contribution in [3.8, 4) is 5.75 Å². The molecule has 0 radical (unpaired) electrons. The standard InChI is InChI=1S/C16H23ClN2O2/c1-12(2)7-9-21-10-8-19-13-5-4-6-14(20-3)16(13)18-15(19)11-17/h4-6,12H,7-11H2,1-3H3. The Hall–Kier alpha value is -1.26. The molecule has 0 unspecified atom stereocenters. The number of aromatic nitrogens is 2. The first-order valence-electron chi connectivity index (χ1n) is 7.33. The van der Waals surface area contributed by atoms with E-state index in [2.05, 4.69) is 23.4 Å². The highest BCUT2D eigenvalue weighted by atomic mass is 35.5. The third-order valence-corrected chi connectivity index (χ3v) is 3.70. The van der Waals surface area contributed by atoms with Gasteiger partial charge in [0.2, 0.25) is 0 Å². The average Bonchev–Trinajstić information content (AvgIpc) is 2.84. The lowest BCUT2D eigenvalue weighted by atomic mass is 10.1. The fourth-order valence-corrected chi connectivity index (χ4v) is 2.47. The molecule has 1 heterocycles. The van der Waals surface area contributed by atoms with E-state index >= 15 is 0 Å². The Kier molecular flexibility index (Phi) is 5.88. The Balaban J connectivity index is 2.11. The molecule has 0 amide bonds. The summed E-state index contributed by atoms with van der Waals surface area (Å²) >= 11 is 6.02. The number of halogens is 1. The second-order valence-corrected chi connectivity index (χ2v) is 5.70. The predicted molar refractivity (Wildman–Crippen MR) is 86.1 cm³/mol. The molecule has 1 aromatic heterocycles. The molecule has 0 saturated heterocycles. The van der Waals surface area contributed by atoms with Gasteiger partial charge in [0.15, 0.2) is 0 Å². The van der Waals surface area contributed by atoms with Gasteiger partial charge in [-0.05, 0) is 24.5 Å². The maximum Gasteiger partial charge on any atom is 0.146 e. The van der Waals surface area contributed by atoms with Gasteiger partial charge in [-0.3, -0.25) is 0 Å². The highest BCUT2D eigenvalue weighted by Crippen LogP contribution is 2.26. The molecule has 1 aromatic carbocycles. The number of rotatable bonds is 8. The summed E-state index contributed by atoms with van der Waals surface area (Å²) in [6.07, 6.45) is 1.08. The van der Waals surface area contributed by atoms with Crippen molar-refractivity contribution in [3.05, 3.63) is 24.0 Å². The number of hydrogen-bond donors (Lipinski definition) is 0. The second-order valence-electron chi connectivity index (χ2n) is 5.44. The van der Waals surface area contributed by atoms with Crippen LogP contribution in [0.5, 0.6) is 5.75 Å². The zero-order valence-corrected chi connectivity index (χ0v) is 13.7. The van der Waals surface area contributed by atoms with Crippen molar-refractivity contribution in [1.82, 2.24) is 9.55 Å². The van der Waals surface area contributed by atoms with Gasteiger partial charge in [0.1, 0.15) is 17.1 Å². The van der Waals surface area contributed by atoms with E-state index in [1.165, 1.54) is 0 Å². The maximum absolute atomic E-state index is 6.02. The van der Waals surface area contributed by atoms with Gasteiger partial charge in [0, 0.05) is 13.2 Å². The minimum atomic E-state index is 0.379. The minimum Gasteiger partial charge on any atom is -0.494 e. The summed E-state index contributed by atoms with van der Waals surface area (Å²) in [5, 5.41) is 0. The van der Waals surface area contributed by atoms with Gasteiger partial charge >= 0.3 is 0 Å². The first-order valence-corrected chi connectivity index (χ1v) is 7.86. The molecule has 116 valence electrons.